The van der Waals surface area contributed by atoms with Crippen molar-refractivity contribution in [3.8, 4) is 0 Å². The van der Waals surface area contributed by atoms with E-state index in [9.17, 15) is 5.11 Å². The Bertz CT molecular complexity index is 847. The normalized spacial score (nSPS) is 19.7. The van der Waals surface area contributed by atoms with Crippen molar-refractivity contribution in [3.63, 3.8) is 0 Å². The largest absolute Gasteiger partial charge is 0.388 e. The van der Waals surface area contributed by atoms with E-state index in [1.165, 1.54) is 22.3 Å². The topological polar surface area (TPSA) is 26.7 Å². The molecule has 0 saturated carbocycles. The molecule has 4 rings (SSSR count). The van der Waals surface area contributed by atoms with E-state index in [0.29, 0.717) is 5.92 Å². The number of anilines is 1. The van der Waals surface area contributed by atoms with Gasteiger partial charge < -0.3 is 10.0 Å². The van der Waals surface area contributed by atoms with E-state index in [2.05, 4.69) is 35.8 Å². The van der Waals surface area contributed by atoms with Gasteiger partial charge in [-0.05, 0) is 55.2 Å². The number of halogens is 2. The van der Waals surface area contributed by atoms with E-state index in [-0.39, 0.29) is 0 Å². The van der Waals surface area contributed by atoms with E-state index in [1.807, 2.05) is 25.1 Å². The van der Waals surface area contributed by atoms with Crippen molar-refractivity contribution in [2.75, 3.05) is 31.1 Å². The maximum Gasteiger partial charge on any atom is 0.0872 e. The lowest BCUT2D eigenvalue weighted by molar-refractivity contribution is -0.0872. The van der Waals surface area contributed by atoms with E-state index >= 15 is 0 Å². The minimum absolute atomic E-state index is 0.509. The van der Waals surface area contributed by atoms with E-state index in [0.717, 1.165) is 48.5 Å². The fourth-order valence-corrected chi connectivity index (χ4v) is 5.06. The number of likely N-dealkylation sites (tertiary alicyclic amines) is 1. The van der Waals surface area contributed by atoms with Gasteiger partial charge >= 0.3 is 0 Å². The maximum absolute atomic E-state index is 9.93. The van der Waals surface area contributed by atoms with Gasteiger partial charge in [-0.15, -0.1) is 0 Å². The zero-order valence-electron chi connectivity index (χ0n) is 16.1. The fourth-order valence-electron chi connectivity index (χ4n) is 4.43. The van der Waals surface area contributed by atoms with Crippen LogP contribution in [0.3, 0.4) is 0 Å². The fraction of sp³-hybridized carbons (Fsp3) is 0.455. The maximum atomic E-state index is 9.93. The summed E-state index contributed by atoms with van der Waals surface area (Å²) in [5, 5.41) is 11.4. The van der Waals surface area contributed by atoms with Crippen LogP contribution >= 0.6 is 23.2 Å². The molecule has 2 aromatic carbocycles. The van der Waals surface area contributed by atoms with Gasteiger partial charge in [-0.3, -0.25) is 4.90 Å². The summed E-state index contributed by atoms with van der Waals surface area (Å²) in [6.07, 6.45) is 0. The van der Waals surface area contributed by atoms with Crippen LogP contribution in [-0.2, 0) is 6.54 Å². The molecule has 1 N–H and O–H groups in total. The highest BCUT2D eigenvalue weighted by Gasteiger charge is 2.36. The first kappa shape index (κ1) is 19.1. The van der Waals surface area contributed by atoms with Crippen molar-refractivity contribution >= 4 is 28.9 Å². The summed E-state index contributed by atoms with van der Waals surface area (Å²) in [5.41, 5.74) is 5.89. The molecular weight excluding hydrogens is 379 g/mol. The zero-order chi connectivity index (χ0) is 19.3. The highest BCUT2D eigenvalue weighted by Crippen LogP contribution is 2.41. The first-order valence-corrected chi connectivity index (χ1v) is 10.2. The molecule has 0 radical (unpaired) electrons. The van der Waals surface area contributed by atoms with Gasteiger partial charge in [-0.25, -0.2) is 0 Å². The molecular formula is C22H26Cl2N2O. The summed E-state index contributed by atoms with van der Waals surface area (Å²) in [4.78, 5) is 4.56. The van der Waals surface area contributed by atoms with Crippen molar-refractivity contribution in [2.45, 2.75) is 38.8 Å². The van der Waals surface area contributed by atoms with Crippen LogP contribution in [0.4, 0.5) is 5.69 Å². The lowest BCUT2D eigenvalue weighted by Crippen LogP contribution is -2.59. The molecule has 5 heteroatoms. The second-order valence-electron chi connectivity index (χ2n) is 8.45. The van der Waals surface area contributed by atoms with Gasteiger partial charge in [0.2, 0.25) is 0 Å². The van der Waals surface area contributed by atoms with Crippen LogP contribution in [-0.4, -0.2) is 41.8 Å². The minimum Gasteiger partial charge on any atom is -0.388 e. The summed E-state index contributed by atoms with van der Waals surface area (Å²) in [6.45, 7) is 10.6. The summed E-state index contributed by atoms with van der Waals surface area (Å²) in [6, 6.07) is 10.3. The standard InChI is InChI=1S/C22H26Cl2N2O/c1-14-8-18(15(2)7-16(14)9-25-12-22(3,27)13-25)17-10-26(11-17)21-19(23)5-4-6-20(21)24/h4-8,17,27H,9-13H2,1-3H3. The van der Waals surface area contributed by atoms with Crippen molar-refractivity contribution in [2.24, 2.45) is 0 Å². The molecule has 2 aliphatic rings. The van der Waals surface area contributed by atoms with Crippen molar-refractivity contribution in [1.29, 1.82) is 0 Å². The Hall–Kier alpha value is -1.26. The average molecular weight is 405 g/mol. The van der Waals surface area contributed by atoms with Crippen LogP contribution in [0.2, 0.25) is 10.0 Å². The van der Waals surface area contributed by atoms with E-state index < -0.39 is 5.60 Å². The molecule has 2 heterocycles. The predicted octanol–water partition coefficient (Wildman–Crippen LogP) is 4.78. The van der Waals surface area contributed by atoms with Crippen LogP contribution in [0.25, 0.3) is 0 Å². The lowest BCUT2D eigenvalue weighted by atomic mass is 9.85. The summed E-state index contributed by atoms with van der Waals surface area (Å²) in [7, 11) is 0. The number of hydrogen-bond donors (Lipinski definition) is 1. The monoisotopic (exact) mass is 404 g/mol. The molecule has 3 nitrogen and oxygen atoms in total. The van der Waals surface area contributed by atoms with Crippen LogP contribution in [0, 0.1) is 13.8 Å². The molecule has 0 amide bonds. The molecule has 144 valence electrons. The Balaban J connectivity index is 1.46. The highest BCUT2D eigenvalue weighted by atomic mass is 35.5. The second-order valence-corrected chi connectivity index (χ2v) is 9.26. The molecule has 27 heavy (non-hydrogen) atoms. The number of aryl methyl sites for hydroxylation is 2. The smallest absolute Gasteiger partial charge is 0.0872 e. The quantitative estimate of drug-likeness (QED) is 0.793. The number of para-hydroxylation sites is 1. The molecule has 0 bridgehead atoms. The molecule has 0 atom stereocenters. The van der Waals surface area contributed by atoms with Crippen LogP contribution in [0.1, 0.15) is 35.1 Å². The van der Waals surface area contributed by atoms with E-state index in [1.54, 1.807) is 0 Å². The minimum atomic E-state index is -0.516. The molecule has 2 saturated heterocycles. The molecule has 2 fully saturated rings. The zero-order valence-corrected chi connectivity index (χ0v) is 17.6. The van der Waals surface area contributed by atoms with Gasteiger partial charge in [-0.2, -0.15) is 0 Å². The van der Waals surface area contributed by atoms with Crippen molar-refractivity contribution in [1.82, 2.24) is 4.90 Å². The van der Waals surface area contributed by atoms with Gasteiger partial charge in [-0.1, -0.05) is 41.4 Å². The number of β-amino-alcohol motifs (C(OH)–C–C–N with tert-alkyl or cyclic N) is 1. The Morgan fingerprint density at radius 1 is 1.07 bits per heavy atom. The number of aliphatic hydroxyl groups is 1. The third-order valence-electron chi connectivity index (χ3n) is 5.82. The Labute approximate surface area is 171 Å². The van der Waals surface area contributed by atoms with Crippen molar-refractivity contribution in [3.05, 3.63) is 62.6 Å². The highest BCUT2D eigenvalue weighted by molar-refractivity contribution is 6.39. The average Bonchev–Trinajstić information content (AvgIpc) is 2.51. The molecule has 2 aliphatic heterocycles. The van der Waals surface area contributed by atoms with Gasteiger partial charge in [0, 0.05) is 38.6 Å². The van der Waals surface area contributed by atoms with Gasteiger partial charge in [0.15, 0.2) is 0 Å². The second kappa shape index (κ2) is 6.97. The lowest BCUT2D eigenvalue weighted by Gasteiger charge is -2.45. The summed E-state index contributed by atoms with van der Waals surface area (Å²) >= 11 is 12.7. The number of benzene rings is 2. The van der Waals surface area contributed by atoms with Crippen LogP contribution in [0.15, 0.2) is 30.3 Å². The van der Waals surface area contributed by atoms with Gasteiger partial charge in [0.25, 0.3) is 0 Å². The first-order valence-electron chi connectivity index (χ1n) is 9.47. The molecule has 0 aromatic heterocycles. The third-order valence-corrected chi connectivity index (χ3v) is 6.43. The molecule has 2 aromatic rings. The van der Waals surface area contributed by atoms with Gasteiger partial charge in [0.1, 0.15) is 0 Å². The Morgan fingerprint density at radius 3 is 2.30 bits per heavy atom. The molecule has 0 aliphatic carbocycles. The first-order chi connectivity index (χ1) is 12.7. The Kier molecular flexibility index (Phi) is 4.92. The van der Waals surface area contributed by atoms with E-state index in [4.69, 9.17) is 23.2 Å². The SMILES string of the molecule is Cc1cc(C2CN(c3c(Cl)cccc3Cl)C2)c(C)cc1CN1CC(C)(O)C1. The Morgan fingerprint density at radius 2 is 1.70 bits per heavy atom. The van der Waals surface area contributed by atoms with Crippen molar-refractivity contribution < 1.29 is 5.11 Å². The van der Waals surface area contributed by atoms with Crippen LogP contribution < -0.4 is 4.90 Å². The molecule has 0 spiro atoms. The van der Waals surface area contributed by atoms with Crippen LogP contribution in [0.5, 0.6) is 0 Å². The number of hydrogen-bond acceptors (Lipinski definition) is 3. The summed E-state index contributed by atoms with van der Waals surface area (Å²) < 4.78 is 0. The molecule has 0 unspecified atom stereocenters. The summed E-state index contributed by atoms with van der Waals surface area (Å²) in [5.74, 6) is 0.509. The van der Waals surface area contributed by atoms with Gasteiger partial charge in [0.05, 0.1) is 21.3 Å². The third kappa shape index (κ3) is 3.71. The number of nitrogens with zero attached hydrogens (tertiary/aromatic N) is 2. The predicted molar refractivity (Wildman–Crippen MR) is 113 cm³/mol. The number of rotatable bonds is 4.